The highest BCUT2D eigenvalue weighted by atomic mass is 16.5. The molecule has 0 fully saturated rings. The molecule has 2 rings (SSSR count). The van der Waals surface area contributed by atoms with Crippen molar-refractivity contribution in [1.82, 2.24) is 0 Å². The number of nitrogens with two attached hydrogens (primary N) is 1. The van der Waals surface area contributed by atoms with Crippen LogP contribution in [0.2, 0.25) is 0 Å². The van der Waals surface area contributed by atoms with Gasteiger partial charge >= 0.3 is 0 Å². The fourth-order valence-electron chi connectivity index (χ4n) is 2.46. The molecule has 2 aromatic carbocycles. The minimum absolute atomic E-state index is 0.646. The highest BCUT2D eigenvalue weighted by molar-refractivity contribution is 5.62. The van der Waals surface area contributed by atoms with Crippen molar-refractivity contribution in [3.63, 3.8) is 0 Å². The van der Waals surface area contributed by atoms with Crippen LogP contribution in [0.4, 0.5) is 5.69 Å². The van der Waals surface area contributed by atoms with E-state index in [2.05, 4.69) is 13.0 Å². The molecular formula is C19H23NO3. The van der Waals surface area contributed by atoms with Gasteiger partial charge in [-0.15, -0.1) is 0 Å². The summed E-state index contributed by atoms with van der Waals surface area (Å²) < 4.78 is 16.0. The first kappa shape index (κ1) is 16.7. The van der Waals surface area contributed by atoms with E-state index in [4.69, 9.17) is 19.9 Å². The normalized spacial score (nSPS) is 11.2. The van der Waals surface area contributed by atoms with Gasteiger partial charge in [-0.25, -0.2) is 0 Å². The fourth-order valence-corrected chi connectivity index (χ4v) is 2.46. The van der Waals surface area contributed by atoms with Crippen molar-refractivity contribution >= 4 is 11.8 Å². The quantitative estimate of drug-likeness (QED) is 0.821. The zero-order chi connectivity index (χ0) is 16.8. The Bertz CT molecular complexity index is 708. The molecule has 23 heavy (non-hydrogen) atoms. The van der Waals surface area contributed by atoms with Gasteiger partial charge in [0.2, 0.25) is 0 Å². The SMILES string of the molecule is COc1ccc(OC)c(/C=C(\C)Cc2ccc(N)c(OC)c2)c1. The highest BCUT2D eigenvalue weighted by Gasteiger charge is 2.05. The predicted octanol–water partition coefficient (Wildman–Crippen LogP) is 3.94. The molecule has 2 aromatic rings. The van der Waals surface area contributed by atoms with E-state index >= 15 is 0 Å². The summed E-state index contributed by atoms with van der Waals surface area (Å²) in [6.45, 7) is 2.09. The Hall–Kier alpha value is -2.62. The van der Waals surface area contributed by atoms with Gasteiger partial charge in [-0.3, -0.25) is 0 Å². The molecule has 0 aliphatic rings. The first-order chi connectivity index (χ1) is 11.1. The van der Waals surface area contributed by atoms with Crippen molar-refractivity contribution in [2.24, 2.45) is 0 Å². The third-order valence-corrected chi connectivity index (χ3v) is 3.62. The van der Waals surface area contributed by atoms with Crippen LogP contribution in [-0.2, 0) is 6.42 Å². The Morgan fingerprint density at radius 2 is 1.70 bits per heavy atom. The lowest BCUT2D eigenvalue weighted by Gasteiger charge is -2.10. The monoisotopic (exact) mass is 313 g/mol. The average Bonchev–Trinajstić information content (AvgIpc) is 2.56. The van der Waals surface area contributed by atoms with Crippen molar-refractivity contribution in [1.29, 1.82) is 0 Å². The van der Waals surface area contributed by atoms with Crippen molar-refractivity contribution in [2.45, 2.75) is 13.3 Å². The molecule has 0 aliphatic heterocycles. The third-order valence-electron chi connectivity index (χ3n) is 3.62. The van der Waals surface area contributed by atoms with Crippen LogP contribution in [0.5, 0.6) is 17.2 Å². The number of nitrogen functional groups attached to an aromatic ring is 1. The number of hydrogen-bond donors (Lipinski definition) is 1. The standard InChI is InChI=1S/C19H23NO3/c1-13(9-14-5-7-17(20)19(11-14)23-4)10-15-12-16(21-2)6-8-18(15)22-3/h5-8,10-12H,9,20H2,1-4H3/b13-10+. The lowest BCUT2D eigenvalue weighted by molar-refractivity contribution is 0.402. The molecule has 0 heterocycles. The molecule has 0 saturated heterocycles. The molecule has 0 aromatic heterocycles. The van der Waals surface area contributed by atoms with Gasteiger partial charge in [0.25, 0.3) is 0 Å². The molecule has 0 spiro atoms. The molecule has 0 bridgehead atoms. The fraction of sp³-hybridized carbons (Fsp3) is 0.263. The summed E-state index contributed by atoms with van der Waals surface area (Å²) in [6, 6.07) is 11.6. The van der Waals surface area contributed by atoms with Gasteiger partial charge in [0.05, 0.1) is 27.0 Å². The van der Waals surface area contributed by atoms with Gasteiger partial charge < -0.3 is 19.9 Å². The molecule has 4 heteroatoms. The first-order valence-electron chi connectivity index (χ1n) is 7.39. The second-order valence-electron chi connectivity index (χ2n) is 5.35. The van der Waals surface area contributed by atoms with Crippen LogP contribution < -0.4 is 19.9 Å². The molecule has 2 N–H and O–H groups in total. The van der Waals surface area contributed by atoms with Gasteiger partial charge in [0.15, 0.2) is 0 Å². The molecule has 0 radical (unpaired) electrons. The molecule has 4 nitrogen and oxygen atoms in total. The molecule has 122 valence electrons. The Balaban J connectivity index is 2.26. The summed E-state index contributed by atoms with van der Waals surface area (Å²) in [5.41, 5.74) is 9.83. The van der Waals surface area contributed by atoms with Gasteiger partial charge in [-0.1, -0.05) is 17.7 Å². The lowest BCUT2D eigenvalue weighted by Crippen LogP contribution is -1.95. The summed E-state index contributed by atoms with van der Waals surface area (Å²) in [6.07, 6.45) is 2.90. The largest absolute Gasteiger partial charge is 0.497 e. The number of allylic oxidation sites excluding steroid dienone is 1. The number of rotatable bonds is 6. The Kier molecular flexibility index (Phi) is 5.52. The van der Waals surface area contributed by atoms with E-state index in [1.165, 1.54) is 5.57 Å². The molecule has 0 saturated carbocycles. The van der Waals surface area contributed by atoms with Crippen LogP contribution in [0.3, 0.4) is 0 Å². The van der Waals surface area contributed by atoms with Crippen LogP contribution in [0.15, 0.2) is 42.0 Å². The van der Waals surface area contributed by atoms with Crippen LogP contribution in [0.1, 0.15) is 18.1 Å². The average molecular weight is 313 g/mol. The van der Waals surface area contributed by atoms with E-state index in [1.807, 2.05) is 36.4 Å². The second-order valence-corrected chi connectivity index (χ2v) is 5.35. The van der Waals surface area contributed by atoms with E-state index < -0.39 is 0 Å². The van der Waals surface area contributed by atoms with E-state index in [0.717, 1.165) is 29.0 Å². The molecular weight excluding hydrogens is 290 g/mol. The summed E-state index contributed by atoms with van der Waals surface area (Å²) in [5.74, 6) is 2.33. The number of benzene rings is 2. The van der Waals surface area contributed by atoms with Crippen LogP contribution in [0.25, 0.3) is 6.08 Å². The topological polar surface area (TPSA) is 53.7 Å². The smallest absolute Gasteiger partial charge is 0.142 e. The van der Waals surface area contributed by atoms with E-state index in [9.17, 15) is 0 Å². The van der Waals surface area contributed by atoms with Gasteiger partial charge in [0.1, 0.15) is 17.2 Å². The van der Waals surface area contributed by atoms with Gasteiger partial charge in [0, 0.05) is 5.56 Å². The second kappa shape index (κ2) is 7.58. The van der Waals surface area contributed by atoms with Crippen molar-refractivity contribution in [3.8, 4) is 17.2 Å². The lowest BCUT2D eigenvalue weighted by atomic mass is 10.0. The first-order valence-corrected chi connectivity index (χ1v) is 7.39. The Labute approximate surface area is 137 Å². The Morgan fingerprint density at radius 1 is 0.957 bits per heavy atom. The molecule has 0 unspecified atom stereocenters. The number of anilines is 1. The zero-order valence-electron chi connectivity index (χ0n) is 14.1. The maximum absolute atomic E-state index is 5.85. The van der Waals surface area contributed by atoms with Crippen molar-refractivity contribution in [2.75, 3.05) is 27.1 Å². The van der Waals surface area contributed by atoms with Crippen LogP contribution in [0, 0.1) is 0 Å². The minimum atomic E-state index is 0.646. The maximum atomic E-state index is 5.85. The number of hydrogen-bond acceptors (Lipinski definition) is 4. The summed E-state index contributed by atoms with van der Waals surface area (Å²) >= 11 is 0. The minimum Gasteiger partial charge on any atom is -0.497 e. The molecule has 0 atom stereocenters. The summed E-state index contributed by atoms with van der Waals surface area (Å²) in [7, 11) is 4.95. The van der Waals surface area contributed by atoms with E-state index in [0.29, 0.717) is 11.4 Å². The molecule has 0 aliphatic carbocycles. The molecule has 0 amide bonds. The van der Waals surface area contributed by atoms with Crippen molar-refractivity contribution in [3.05, 3.63) is 53.1 Å². The number of methoxy groups -OCH3 is 3. The zero-order valence-corrected chi connectivity index (χ0v) is 14.1. The van der Waals surface area contributed by atoms with Gasteiger partial charge in [-0.05, 0) is 49.2 Å². The van der Waals surface area contributed by atoms with Crippen molar-refractivity contribution < 1.29 is 14.2 Å². The van der Waals surface area contributed by atoms with E-state index in [-0.39, 0.29) is 0 Å². The third kappa shape index (κ3) is 4.19. The predicted molar refractivity (Wildman–Crippen MR) is 94.3 cm³/mol. The van der Waals surface area contributed by atoms with E-state index in [1.54, 1.807) is 21.3 Å². The van der Waals surface area contributed by atoms with Crippen LogP contribution in [-0.4, -0.2) is 21.3 Å². The summed E-state index contributed by atoms with van der Waals surface area (Å²) in [5, 5.41) is 0. The Morgan fingerprint density at radius 3 is 2.35 bits per heavy atom. The summed E-state index contributed by atoms with van der Waals surface area (Å²) in [4.78, 5) is 0. The van der Waals surface area contributed by atoms with Crippen LogP contribution >= 0.6 is 0 Å². The highest BCUT2D eigenvalue weighted by Crippen LogP contribution is 2.28. The number of ether oxygens (including phenoxy) is 3. The maximum Gasteiger partial charge on any atom is 0.142 e. The van der Waals surface area contributed by atoms with Gasteiger partial charge in [-0.2, -0.15) is 0 Å².